The van der Waals surface area contributed by atoms with Gasteiger partial charge in [-0.3, -0.25) is 4.79 Å². The van der Waals surface area contributed by atoms with Gasteiger partial charge in [-0.15, -0.1) is 0 Å². The summed E-state index contributed by atoms with van der Waals surface area (Å²) < 4.78 is 24.7. The van der Waals surface area contributed by atoms with E-state index in [2.05, 4.69) is 20.9 Å². The molecule has 0 saturated carbocycles. The van der Waals surface area contributed by atoms with Crippen molar-refractivity contribution in [2.45, 2.75) is 6.43 Å². The molecule has 6 heteroatoms. The highest BCUT2D eigenvalue weighted by atomic mass is 79.9. The molecule has 0 bridgehead atoms. The Labute approximate surface area is 81.1 Å². The number of hydrogen-bond donors (Lipinski definition) is 1. The van der Waals surface area contributed by atoms with E-state index in [0.29, 0.717) is 0 Å². The van der Waals surface area contributed by atoms with Crippen LogP contribution in [0.4, 0.5) is 8.78 Å². The zero-order valence-corrected chi connectivity index (χ0v) is 7.88. The Morgan fingerprint density at radius 2 is 2.23 bits per heavy atom. The molecule has 13 heavy (non-hydrogen) atoms. The molecule has 0 atom stereocenters. The van der Waals surface area contributed by atoms with Gasteiger partial charge >= 0.3 is 0 Å². The lowest BCUT2D eigenvalue weighted by molar-refractivity contribution is 0.0985. The van der Waals surface area contributed by atoms with Crippen LogP contribution < -0.4 is 5.73 Å². The molecule has 2 N–H and O–H groups in total. The molecule has 0 spiro atoms. The predicted octanol–water partition coefficient (Wildman–Crippen LogP) is 1.88. The van der Waals surface area contributed by atoms with Crippen molar-refractivity contribution in [3.05, 3.63) is 28.0 Å². The van der Waals surface area contributed by atoms with Crippen molar-refractivity contribution in [3.63, 3.8) is 0 Å². The van der Waals surface area contributed by atoms with Gasteiger partial charge in [-0.25, -0.2) is 13.8 Å². The van der Waals surface area contributed by atoms with Crippen LogP contribution in [0, 0.1) is 0 Å². The van der Waals surface area contributed by atoms with Gasteiger partial charge in [-0.05, 0) is 22.0 Å². The van der Waals surface area contributed by atoms with Crippen molar-refractivity contribution in [1.82, 2.24) is 4.98 Å². The van der Waals surface area contributed by atoms with Crippen LogP contribution in [-0.4, -0.2) is 10.9 Å². The van der Waals surface area contributed by atoms with Gasteiger partial charge in [0.05, 0.1) is 11.1 Å². The fourth-order valence-corrected chi connectivity index (χ4v) is 1.37. The molecule has 0 aromatic carbocycles. The number of hydrogen-bond acceptors (Lipinski definition) is 2. The first kappa shape index (κ1) is 10.0. The Morgan fingerprint density at radius 1 is 1.62 bits per heavy atom. The molecule has 0 aliphatic carbocycles. The molecule has 0 fully saturated rings. The Bertz CT molecular complexity index is 343. The lowest BCUT2D eigenvalue weighted by Crippen LogP contribution is -2.14. The maximum absolute atomic E-state index is 12.4. The molecule has 0 radical (unpaired) electrons. The van der Waals surface area contributed by atoms with Gasteiger partial charge in [-0.2, -0.15) is 0 Å². The van der Waals surface area contributed by atoms with Gasteiger partial charge < -0.3 is 5.73 Å². The van der Waals surface area contributed by atoms with E-state index in [0.717, 1.165) is 6.07 Å². The smallest absolute Gasteiger partial charge is 0.267 e. The third kappa shape index (κ3) is 2.00. The van der Waals surface area contributed by atoms with Crippen LogP contribution in [-0.2, 0) is 0 Å². The van der Waals surface area contributed by atoms with E-state index in [1.54, 1.807) is 0 Å². The number of alkyl halides is 2. The van der Waals surface area contributed by atoms with E-state index >= 15 is 0 Å². The standard InChI is InChI=1S/C7H5BrF2N2O/c8-5-4(6(9)10)3(7(11)13)1-2-12-5/h1-2,6H,(H2,11,13). The van der Waals surface area contributed by atoms with Gasteiger partial charge in [0.1, 0.15) is 4.60 Å². The molecular weight excluding hydrogens is 246 g/mol. The van der Waals surface area contributed by atoms with Gasteiger partial charge in [0.2, 0.25) is 5.91 Å². The number of carbonyl (C=O) groups is 1. The van der Waals surface area contributed by atoms with Gasteiger partial charge in [-0.1, -0.05) is 0 Å². The van der Waals surface area contributed by atoms with Crippen LogP contribution in [0.1, 0.15) is 22.3 Å². The number of nitrogens with two attached hydrogens (primary N) is 1. The molecule has 0 aliphatic heterocycles. The van der Waals surface area contributed by atoms with Gasteiger partial charge in [0.25, 0.3) is 6.43 Å². The number of pyridine rings is 1. The van der Waals surface area contributed by atoms with E-state index in [9.17, 15) is 13.6 Å². The Balaban J connectivity index is 3.34. The van der Waals surface area contributed by atoms with E-state index in [4.69, 9.17) is 5.73 Å². The maximum atomic E-state index is 12.4. The van der Waals surface area contributed by atoms with Gasteiger partial charge in [0, 0.05) is 6.20 Å². The summed E-state index contributed by atoms with van der Waals surface area (Å²) in [5.41, 5.74) is 4.23. The molecule has 3 nitrogen and oxygen atoms in total. The molecule has 1 aromatic rings. The van der Waals surface area contributed by atoms with Crippen molar-refractivity contribution in [2.24, 2.45) is 5.73 Å². The first-order chi connectivity index (χ1) is 6.04. The lowest BCUT2D eigenvalue weighted by atomic mass is 10.1. The zero-order valence-electron chi connectivity index (χ0n) is 6.30. The SMILES string of the molecule is NC(=O)c1ccnc(Br)c1C(F)F. The van der Waals surface area contributed by atoms with Crippen molar-refractivity contribution >= 4 is 21.8 Å². The minimum atomic E-state index is -2.77. The van der Waals surface area contributed by atoms with Crippen LogP contribution in [0.25, 0.3) is 0 Å². The van der Waals surface area contributed by atoms with Gasteiger partial charge in [0.15, 0.2) is 0 Å². The highest BCUT2D eigenvalue weighted by Crippen LogP contribution is 2.28. The summed E-state index contributed by atoms with van der Waals surface area (Å²) in [6.45, 7) is 0. The number of carbonyl (C=O) groups excluding carboxylic acids is 1. The highest BCUT2D eigenvalue weighted by Gasteiger charge is 2.20. The fourth-order valence-electron chi connectivity index (χ4n) is 0.870. The topological polar surface area (TPSA) is 56.0 Å². The van der Waals surface area contributed by atoms with E-state index in [1.807, 2.05) is 0 Å². The van der Waals surface area contributed by atoms with E-state index < -0.39 is 17.9 Å². The van der Waals surface area contributed by atoms with Crippen LogP contribution in [0.3, 0.4) is 0 Å². The number of halogens is 3. The van der Waals surface area contributed by atoms with E-state index in [-0.39, 0.29) is 10.2 Å². The molecule has 70 valence electrons. The summed E-state index contributed by atoms with van der Waals surface area (Å²) in [7, 11) is 0. The second-order valence-corrected chi connectivity index (χ2v) is 2.98. The molecule has 1 amide bonds. The third-order valence-corrected chi connectivity index (χ3v) is 2.06. The molecule has 1 heterocycles. The Morgan fingerprint density at radius 3 is 2.62 bits per heavy atom. The first-order valence-corrected chi connectivity index (χ1v) is 4.05. The van der Waals surface area contributed by atoms with Crippen molar-refractivity contribution < 1.29 is 13.6 Å². The molecular formula is C7H5BrF2N2O. The van der Waals surface area contributed by atoms with Crippen LogP contribution in [0.15, 0.2) is 16.9 Å². The molecule has 0 saturated heterocycles. The number of amides is 1. The number of nitrogens with zero attached hydrogens (tertiary/aromatic N) is 1. The molecule has 0 unspecified atom stereocenters. The maximum Gasteiger partial charge on any atom is 0.267 e. The summed E-state index contributed by atoms with van der Waals surface area (Å²) in [6.07, 6.45) is -1.54. The monoisotopic (exact) mass is 250 g/mol. The summed E-state index contributed by atoms with van der Waals surface area (Å²) >= 11 is 2.82. The van der Waals surface area contributed by atoms with Crippen LogP contribution >= 0.6 is 15.9 Å². The predicted molar refractivity (Wildman–Crippen MR) is 45.4 cm³/mol. The number of primary amides is 1. The minimum absolute atomic E-state index is 0.0567. The summed E-state index contributed by atoms with van der Waals surface area (Å²) in [5, 5.41) is 0. The normalized spacial score (nSPS) is 10.5. The Kier molecular flexibility index (Phi) is 2.92. The third-order valence-electron chi connectivity index (χ3n) is 1.43. The molecule has 0 aliphatic rings. The largest absolute Gasteiger partial charge is 0.366 e. The molecule has 1 aromatic heterocycles. The number of aromatic nitrogens is 1. The second-order valence-electron chi connectivity index (χ2n) is 2.23. The minimum Gasteiger partial charge on any atom is -0.366 e. The van der Waals surface area contributed by atoms with Crippen LogP contribution in [0.5, 0.6) is 0 Å². The average molecular weight is 251 g/mol. The molecule has 1 rings (SSSR count). The summed E-state index contributed by atoms with van der Waals surface area (Å²) in [4.78, 5) is 14.3. The summed E-state index contributed by atoms with van der Waals surface area (Å²) in [6, 6.07) is 1.16. The lowest BCUT2D eigenvalue weighted by Gasteiger charge is -2.06. The number of rotatable bonds is 2. The Hall–Kier alpha value is -1.04. The quantitative estimate of drug-likeness (QED) is 0.816. The van der Waals surface area contributed by atoms with Crippen LogP contribution in [0.2, 0.25) is 0 Å². The van der Waals surface area contributed by atoms with Crippen molar-refractivity contribution in [2.75, 3.05) is 0 Å². The second kappa shape index (κ2) is 3.78. The fraction of sp³-hybridized carbons (Fsp3) is 0.143. The van der Waals surface area contributed by atoms with E-state index in [1.165, 1.54) is 6.20 Å². The summed E-state index contributed by atoms with van der Waals surface area (Å²) in [5.74, 6) is -0.890. The van der Waals surface area contributed by atoms with Crippen molar-refractivity contribution in [3.8, 4) is 0 Å². The first-order valence-electron chi connectivity index (χ1n) is 3.26. The average Bonchev–Trinajstić information content (AvgIpc) is 2.02. The highest BCUT2D eigenvalue weighted by molar-refractivity contribution is 9.10. The van der Waals surface area contributed by atoms with Crippen molar-refractivity contribution in [1.29, 1.82) is 0 Å². The zero-order chi connectivity index (χ0) is 10.0.